The van der Waals surface area contributed by atoms with Crippen LogP contribution in [0, 0.1) is 0 Å². The first kappa shape index (κ1) is 6.99. The van der Waals surface area contributed by atoms with Gasteiger partial charge in [0.25, 0.3) is 0 Å². The van der Waals surface area contributed by atoms with E-state index in [9.17, 15) is 0 Å². The molecule has 0 bridgehead atoms. The molecule has 0 fully saturated rings. The second kappa shape index (κ2) is 3.14. The van der Waals surface area contributed by atoms with Crippen LogP contribution in [0.25, 0.3) is 0 Å². The summed E-state index contributed by atoms with van der Waals surface area (Å²) in [5.74, 6) is 1.87. The van der Waals surface area contributed by atoms with Crippen LogP contribution in [0.15, 0.2) is 41.8 Å². The topological polar surface area (TPSA) is 0 Å². The smallest absolute Gasteiger partial charge is 0.0120 e. The molecule has 1 atom stereocenters. The molecule has 0 spiro atoms. The fourth-order valence-electron chi connectivity index (χ4n) is 1.27. The second-order valence-electron chi connectivity index (χ2n) is 2.68. The third-order valence-corrected chi connectivity index (χ3v) is 2.81. The molecule has 1 aromatic carbocycles. The molecule has 1 aromatic rings. The SMILES string of the molecule is C1=CC(c2ccccc2)CS1. The molecule has 0 amide bonds. The quantitative estimate of drug-likeness (QED) is 0.611. The third-order valence-electron chi connectivity index (χ3n) is 1.91. The Morgan fingerprint density at radius 3 is 2.64 bits per heavy atom. The molecule has 0 aliphatic carbocycles. The van der Waals surface area contributed by atoms with Crippen molar-refractivity contribution in [3.8, 4) is 0 Å². The molecule has 0 saturated carbocycles. The fraction of sp³-hybridized carbons (Fsp3) is 0.200. The summed E-state index contributed by atoms with van der Waals surface area (Å²) in [7, 11) is 0. The number of allylic oxidation sites excluding steroid dienone is 1. The molecule has 0 nitrogen and oxygen atoms in total. The Morgan fingerprint density at radius 1 is 1.18 bits per heavy atom. The van der Waals surface area contributed by atoms with Crippen molar-refractivity contribution in [3.05, 3.63) is 47.4 Å². The highest BCUT2D eigenvalue weighted by molar-refractivity contribution is 8.02. The summed E-state index contributed by atoms with van der Waals surface area (Å²) in [6.07, 6.45) is 2.28. The minimum absolute atomic E-state index is 0.654. The van der Waals surface area contributed by atoms with Crippen molar-refractivity contribution in [2.24, 2.45) is 0 Å². The van der Waals surface area contributed by atoms with Gasteiger partial charge in [0, 0.05) is 11.7 Å². The predicted octanol–water partition coefficient (Wildman–Crippen LogP) is 3.03. The average Bonchev–Trinajstić information content (AvgIpc) is 2.58. The van der Waals surface area contributed by atoms with Gasteiger partial charge in [0.05, 0.1) is 0 Å². The van der Waals surface area contributed by atoms with Crippen LogP contribution in [0.3, 0.4) is 0 Å². The molecule has 0 N–H and O–H groups in total. The second-order valence-corrected chi connectivity index (χ2v) is 3.62. The zero-order valence-corrected chi connectivity index (χ0v) is 7.05. The molecular weight excluding hydrogens is 152 g/mol. The number of rotatable bonds is 1. The van der Waals surface area contributed by atoms with Gasteiger partial charge in [-0.1, -0.05) is 36.4 Å². The third kappa shape index (κ3) is 1.48. The average molecular weight is 162 g/mol. The molecule has 1 heterocycles. The van der Waals surface area contributed by atoms with Crippen molar-refractivity contribution in [3.63, 3.8) is 0 Å². The van der Waals surface area contributed by atoms with Crippen LogP contribution in [-0.2, 0) is 0 Å². The first-order valence-corrected chi connectivity index (χ1v) is 4.85. The van der Waals surface area contributed by atoms with Crippen LogP contribution in [0.5, 0.6) is 0 Å². The number of hydrogen-bond donors (Lipinski definition) is 0. The fourth-order valence-corrected chi connectivity index (χ4v) is 2.20. The highest BCUT2D eigenvalue weighted by Crippen LogP contribution is 2.28. The summed E-state index contributed by atoms with van der Waals surface area (Å²) in [5, 5.41) is 2.19. The van der Waals surface area contributed by atoms with E-state index in [1.807, 2.05) is 11.8 Å². The molecule has 0 saturated heterocycles. The van der Waals surface area contributed by atoms with Gasteiger partial charge in [-0.3, -0.25) is 0 Å². The van der Waals surface area contributed by atoms with Gasteiger partial charge in [-0.15, -0.1) is 11.8 Å². The molecule has 1 aliphatic rings. The van der Waals surface area contributed by atoms with Gasteiger partial charge in [0.15, 0.2) is 0 Å². The minimum Gasteiger partial charge on any atom is -0.133 e. The minimum atomic E-state index is 0.654. The van der Waals surface area contributed by atoms with Crippen molar-refractivity contribution in [1.82, 2.24) is 0 Å². The molecule has 56 valence electrons. The monoisotopic (exact) mass is 162 g/mol. The molecule has 0 aromatic heterocycles. The van der Waals surface area contributed by atoms with Crippen LogP contribution in [0.1, 0.15) is 11.5 Å². The molecule has 2 rings (SSSR count). The van der Waals surface area contributed by atoms with Gasteiger partial charge >= 0.3 is 0 Å². The maximum atomic E-state index is 2.28. The zero-order chi connectivity index (χ0) is 7.52. The standard InChI is InChI=1S/C10H10S/c1-2-4-9(5-3-1)10-6-7-11-8-10/h1-7,10H,8H2. The lowest BCUT2D eigenvalue weighted by Crippen LogP contribution is -1.92. The van der Waals surface area contributed by atoms with E-state index in [1.54, 1.807) is 0 Å². The maximum absolute atomic E-state index is 2.28. The lowest BCUT2D eigenvalue weighted by molar-refractivity contribution is 1.00. The maximum Gasteiger partial charge on any atom is 0.0120 e. The van der Waals surface area contributed by atoms with Crippen molar-refractivity contribution in [2.75, 3.05) is 5.75 Å². The van der Waals surface area contributed by atoms with E-state index in [4.69, 9.17) is 0 Å². The number of benzene rings is 1. The van der Waals surface area contributed by atoms with Crippen LogP contribution in [0.4, 0.5) is 0 Å². The molecular formula is C10H10S. The van der Waals surface area contributed by atoms with Crippen LogP contribution in [-0.4, -0.2) is 5.75 Å². The lowest BCUT2D eigenvalue weighted by Gasteiger charge is -2.05. The van der Waals surface area contributed by atoms with Crippen LogP contribution in [0.2, 0.25) is 0 Å². The van der Waals surface area contributed by atoms with Crippen LogP contribution >= 0.6 is 11.8 Å². The molecule has 0 radical (unpaired) electrons. The van der Waals surface area contributed by atoms with Gasteiger partial charge in [-0.05, 0) is 11.0 Å². The summed E-state index contributed by atoms with van der Waals surface area (Å²) in [6.45, 7) is 0. The van der Waals surface area contributed by atoms with E-state index in [2.05, 4.69) is 41.8 Å². The van der Waals surface area contributed by atoms with Gasteiger partial charge in [-0.25, -0.2) is 0 Å². The van der Waals surface area contributed by atoms with Crippen molar-refractivity contribution < 1.29 is 0 Å². The summed E-state index contributed by atoms with van der Waals surface area (Å²) in [4.78, 5) is 0. The van der Waals surface area contributed by atoms with Gasteiger partial charge in [0.1, 0.15) is 0 Å². The van der Waals surface area contributed by atoms with Gasteiger partial charge < -0.3 is 0 Å². The zero-order valence-electron chi connectivity index (χ0n) is 6.23. The highest BCUT2D eigenvalue weighted by atomic mass is 32.2. The molecule has 1 heteroatoms. The lowest BCUT2D eigenvalue weighted by atomic mass is 10.0. The first-order valence-electron chi connectivity index (χ1n) is 3.80. The van der Waals surface area contributed by atoms with E-state index in [0.29, 0.717) is 5.92 Å². The molecule has 1 unspecified atom stereocenters. The van der Waals surface area contributed by atoms with Crippen LogP contribution < -0.4 is 0 Å². The molecule has 11 heavy (non-hydrogen) atoms. The number of thioether (sulfide) groups is 1. The predicted molar refractivity (Wildman–Crippen MR) is 50.8 cm³/mol. The van der Waals surface area contributed by atoms with E-state index in [0.717, 1.165) is 0 Å². The summed E-state index contributed by atoms with van der Waals surface area (Å²) >= 11 is 1.90. The van der Waals surface area contributed by atoms with E-state index >= 15 is 0 Å². The van der Waals surface area contributed by atoms with Gasteiger partial charge in [0.2, 0.25) is 0 Å². The summed E-state index contributed by atoms with van der Waals surface area (Å²) in [5.41, 5.74) is 1.44. The Morgan fingerprint density at radius 2 is 2.00 bits per heavy atom. The normalized spacial score (nSPS) is 22.4. The number of hydrogen-bond acceptors (Lipinski definition) is 1. The molecule has 1 aliphatic heterocycles. The van der Waals surface area contributed by atoms with E-state index < -0.39 is 0 Å². The Balaban J connectivity index is 2.23. The summed E-state index contributed by atoms with van der Waals surface area (Å²) < 4.78 is 0. The summed E-state index contributed by atoms with van der Waals surface area (Å²) in [6, 6.07) is 10.7. The Kier molecular flexibility index (Phi) is 1.99. The Bertz CT molecular complexity index is 251. The van der Waals surface area contributed by atoms with Crippen molar-refractivity contribution in [1.29, 1.82) is 0 Å². The first-order chi connectivity index (χ1) is 5.47. The van der Waals surface area contributed by atoms with Crippen molar-refractivity contribution in [2.45, 2.75) is 5.92 Å². The van der Waals surface area contributed by atoms with Crippen molar-refractivity contribution >= 4 is 11.8 Å². The van der Waals surface area contributed by atoms with E-state index in [1.165, 1.54) is 11.3 Å². The Hall–Kier alpha value is -0.690. The van der Waals surface area contributed by atoms with Gasteiger partial charge in [-0.2, -0.15) is 0 Å². The van der Waals surface area contributed by atoms with E-state index in [-0.39, 0.29) is 0 Å². The Labute approximate surface area is 71.3 Å². The highest BCUT2D eigenvalue weighted by Gasteiger charge is 2.10. The largest absolute Gasteiger partial charge is 0.133 e.